The fourth-order valence-electron chi connectivity index (χ4n) is 4.19. The number of para-hydroxylation sites is 1. The van der Waals surface area contributed by atoms with E-state index < -0.39 is 0 Å². The molecule has 4 rings (SSSR count). The summed E-state index contributed by atoms with van der Waals surface area (Å²) in [6, 6.07) is 11.9. The van der Waals surface area contributed by atoms with E-state index >= 15 is 0 Å². The van der Waals surface area contributed by atoms with Crippen LogP contribution in [0.25, 0.3) is 0 Å². The second-order valence-corrected chi connectivity index (χ2v) is 7.02. The summed E-state index contributed by atoms with van der Waals surface area (Å²) in [5, 5.41) is 0. The molecule has 1 saturated heterocycles. The maximum absolute atomic E-state index is 12.4. The van der Waals surface area contributed by atoms with Gasteiger partial charge in [0.1, 0.15) is 5.82 Å². The summed E-state index contributed by atoms with van der Waals surface area (Å²) in [5.41, 5.74) is 8.86. The van der Waals surface area contributed by atoms with E-state index in [0.717, 1.165) is 43.1 Å². The van der Waals surface area contributed by atoms with Crippen molar-refractivity contribution >= 4 is 23.3 Å². The van der Waals surface area contributed by atoms with Gasteiger partial charge in [0.25, 0.3) is 0 Å². The molecule has 136 valence electrons. The highest BCUT2D eigenvalue weighted by molar-refractivity contribution is 5.91. The minimum absolute atomic E-state index is 0.0137. The summed E-state index contributed by atoms with van der Waals surface area (Å²) in [6.45, 7) is 4.69. The number of rotatable bonds is 2. The van der Waals surface area contributed by atoms with Crippen molar-refractivity contribution in [3.05, 3.63) is 48.2 Å². The van der Waals surface area contributed by atoms with Crippen LogP contribution >= 0.6 is 0 Å². The maximum atomic E-state index is 12.4. The van der Waals surface area contributed by atoms with Gasteiger partial charge in [-0.15, -0.1) is 0 Å². The van der Waals surface area contributed by atoms with E-state index in [2.05, 4.69) is 22.0 Å². The number of pyridine rings is 1. The Morgan fingerprint density at radius 1 is 1.27 bits per heavy atom. The SMILES string of the molecule is CCOC(=O)N1CC2(CCN(c3cc(N)ccn3)CC2)c2ccccc21. The number of nitrogen functional groups attached to an aromatic ring is 1. The topological polar surface area (TPSA) is 71.7 Å². The molecule has 1 aromatic carbocycles. The van der Waals surface area contributed by atoms with Crippen LogP contribution in [-0.2, 0) is 10.2 Å². The monoisotopic (exact) mass is 352 g/mol. The number of hydrogen-bond acceptors (Lipinski definition) is 5. The number of fused-ring (bicyclic) bond motifs is 2. The van der Waals surface area contributed by atoms with Crippen LogP contribution in [0.4, 0.5) is 22.0 Å². The largest absolute Gasteiger partial charge is 0.449 e. The number of anilines is 3. The lowest BCUT2D eigenvalue weighted by Gasteiger charge is -2.40. The van der Waals surface area contributed by atoms with Crippen LogP contribution in [0.3, 0.4) is 0 Å². The van der Waals surface area contributed by atoms with Crippen LogP contribution in [0.1, 0.15) is 25.3 Å². The first-order valence-electron chi connectivity index (χ1n) is 9.13. The Morgan fingerprint density at radius 3 is 2.77 bits per heavy atom. The fraction of sp³-hybridized carbons (Fsp3) is 0.400. The van der Waals surface area contributed by atoms with Gasteiger partial charge < -0.3 is 15.4 Å². The fourth-order valence-corrected chi connectivity index (χ4v) is 4.19. The summed E-state index contributed by atoms with van der Waals surface area (Å²) in [5.74, 6) is 0.924. The van der Waals surface area contributed by atoms with Gasteiger partial charge >= 0.3 is 6.09 Å². The average molecular weight is 352 g/mol. The molecule has 6 nitrogen and oxygen atoms in total. The molecular weight excluding hydrogens is 328 g/mol. The van der Waals surface area contributed by atoms with Gasteiger partial charge in [-0.3, -0.25) is 4.90 Å². The minimum atomic E-state index is -0.253. The molecule has 2 aromatic rings. The predicted octanol–water partition coefficient (Wildman–Crippen LogP) is 3.18. The molecule has 1 spiro atoms. The Labute approximate surface area is 153 Å². The number of amides is 1. The highest BCUT2D eigenvalue weighted by atomic mass is 16.6. The van der Waals surface area contributed by atoms with E-state index in [-0.39, 0.29) is 11.5 Å². The molecular formula is C20H24N4O2. The third-order valence-corrected chi connectivity index (χ3v) is 5.53. The second kappa shape index (κ2) is 6.52. The lowest BCUT2D eigenvalue weighted by Crippen LogP contribution is -2.46. The normalized spacial score (nSPS) is 18.0. The third kappa shape index (κ3) is 2.75. The maximum Gasteiger partial charge on any atom is 0.414 e. The van der Waals surface area contributed by atoms with Crippen LogP contribution in [0.15, 0.2) is 42.6 Å². The van der Waals surface area contributed by atoms with Crippen molar-refractivity contribution in [2.75, 3.05) is 41.8 Å². The summed E-state index contributed by atoms with van der Waals surface area (Å²) >= 11 is 0. The lowest BCUT2D eigenvalue weighted by atomic mass is 9.74. The molecule has 0 radical (unpaired) electrons. The number of aromatic nitrogens is 1. The third-order valence-electron chi connectivity index (χ3n) is 5.53. The lowest BCUT2D eigenvalue weighted by molar-refractivity contribution is 0.158. The molecule has 0 saturated carbocycles. The summed E-state index contributed by atoms with van der Waals surface area (Å²) in [6.07, 6.45) is 3.44. The van der Waals surface area contributed by atoms with Crippen LogP contribution in [0.2, 0.25) is 0 Å². The number of carbonyl (C=O) groups excluding carboxylic acids is 1. The number of piperidine rings is 1. The molecule has 2 aliphatic heterocycles. The Hall–Kier alpha value is -2.76. The summed E-state index contributed by atoms with van der Waals surface area (Å²) in [4.78, 5) is 21.0. The van der Waals surface area contributed by atoms with E-state index in [1.807, 2.05) is 25.1 Å². The van der Waals surface area contributed by atoms with Crippen molar-refractivity contribution in [2.45, 2.75) is 25.2 Å². The van der Waals surface area contributed by atoms with Crippen LogP contribution in [-0.4, -0.2) is 37.3 Å². The van der Waals surface area contributed by atoms with Crippen LogP contribution in [0.5, 0.6) is 0 Å². The smallest absolute Gasteiger partial charge is 0.414 e. The molecule has 1 aromatic heterocycles. The minimum Gasteiger partial charge on any atom is -0.449 e. The number of carbonyl (C=O) groups is 1. The highest BCUT2D eigenvalue weighted by Gasteiger charge is 2.46. The number of hydrogen-bond donors (Lipinski definition) is 1. The zero-order valence-corrected chi connectivity index (χ0v) is 15.0. The standard InChI is InChI=1S/C20H24N4O2/c1-2-26-19(25)24-14-20(16-5-3-4-6-17(16)24)8-11-23(12-9-20)18-13-15(21)7-10-22-18/h3-7,10,13H,2,8-9,11-12,14H2,1H3,(H2,21,22). The molecule has 0 atom stereocenters. The molecule has 1 fully saturated rings. The second-order valence-electron chi connectivity index (χ2n) is 7.02. The van der Waals surface area contributed by atoms with Crippen molar-refractivity contribution in [1.29, 1.82) is 0 Å². The number of nitrogens with zero attached hydrogens (tertiary/aromatic N) is 3. The molecule has 0 bridgehead atoms. The molecule has 6 heteroatoms. The van der Waals surface area contributed by atoms with E-state index in [0.29, 0.717) is 13.2 Å². The van der Waals surface area contributed by atoms with Gasteiger partial charge in [-0.05, 0) is 37.5 Å². The van der Waals surface area contributed by atoms with Crippen molar-refractivity contribution in [3.63, 3.8) is 0 Å². The number of nitrogens with two attached hydrogens (primary N) is 1. The molecule has 0 unspecified atom stereocenters. The van der Waals surface area contributed by atoms with Gasteiger partial charge in [0, 0.05) is 43.0 Å². The van der Waals surface area contributed by atoms with Crippen molar-refractivity contribution < 1.29 is 9.53 Å². The molecule has 3 heterocycles. The Kier molecular flexibility index (Phi) is 4.18. The quantitative estimate of drug-likeness (QED) is 0.899. The first-order valence-corrected chi connectivity index (χ1v) is 9.13. The molecule has 2 N–H and O–H groups in total. The number of ether oxygens (including phenoxy) is 1. The van der Waals surface area contributed by atoms with Gasteiger partial charge in [-0.25, -0.2) is 9.78 Å². The van der Waals surface area contributed by atoms with Gasteiger partial charge in [-0.2, -0.15) is 0 Å². The molecule has 2 aliphatic rings. The summed E-state index contributed by atoms with van der Waals surface area (Å²) in [7, 11) is 0. The van der Waals surface area contributed by atoms with Crippen molar-refractivity contribution in [1.82, 2.24) is 4.98 Å². The Bertz CT molecular complexity index is 815. The van der Waals surface area contributed by atoms with Gasteiger partial charge in [-0.1, -0.05) is 18.2 Å². The van der Waals surface area contributed by atoms with E-state index in [1.54, 1.807) is 17.2 Å². The van der Waals surface area contributed by atoms with Crippen molar-refractivity contribution in [3.8, 4) is 0 Å². The Morgan fingerprint density at radius 2 is 2.04 bits per heavy atom. The number of benzene rings is 1. The summed E-state index contributed by atoms with van der Waals surface area (Å²) < 4.78 is 5.27. The van der Waals surface area contributed by atoms with Crippen LogP contribution < -0.4 is 15.5 Å². The first kappa shape index (κ1) is 16.7. The van der Waals surface area contributed by atoms with E-state index in [1.165, 1.54) is 5.56 Å². The Balaban J connectivity index is 1.57. The zero-order chi connectivity index (χ0) is 18.1. The van der Waals surface area contributed by atoms with Crippen molar-refractivity contribution in [2.24, 2.45) is 0 Å². The molecule has 1 amide bonds. The van der Waals surface area contributed by atoms with E-state index in [9.17, 15) is 4.79 Å². The van der Waals surface area contributed by atoms with Crippen LogP contribution in [0, 0.1) is 0 Å². The molecule has 26 heavy (non-hydrogen) atoms. The zero-order valence-electron chi connectivity index (χ0n) is 15.0. The van der Waals surface area contributed by atoms with E-state index in [4.69, 9.17) is 10.5 Å². The van der Waals surface area contributed by atoms with Gasteiger partial charge in [0.2, 0.25) is 0 Å². The molecule has 0 aliphatic carbocycles. The average Bonchev–Trinajstić information content (AvgIpc) is 2.97. The predicted molar refractivity (Wildman–Crippen MR) is 103 cm³/mol. The van der Waals surface area contributed by atoms with Gasteiger partial charge in [0.05, 0.1) is 12.3 Å². The first-order chi connectivity index (χ1) is 12.6. The van der Waals surface area contributed by atoms with Gasteiger partial charge in [0.15, 0.2) is 0 Å². The highest BCUT2D eigenvalue weighted by Crippen LogP contribution is 2.47.